The average molecular weight is 332 g/mol. The number of thiazole rings is 1. The molecule has 0 fully saturated rings. The van der Waals surface area contributed by atoms with Crippen molar-refractivity contribution >= 4 is 17.3 Å². The Morgan fingerprint density at radius 3 is 2.65 bits per heavy atom. The Bertz CT molecular complexity index is 637. The fourth-order valence-electron chi connectivity index (χ4n) is 2.13. The van der Waals surface area contributed by atoms with E-state index in [1.807, 2.05) is 49.7 Å². The number of aliphatic imine (C=N–C) groups is 1. The topological polar surface area (TPSA) is 69.5 Å². The van der Waals surface area contributed by atoms with Crippen molar-refractivity contribution in [3.05, 3.63) is 52.0 Å². The fourth-order valence-corrected chi connectivity index (χ4v) is 2.83. The molecule has 0 amide bonds. The summed E-state index contributed by atoms with van der Waals surface area (Å²) >= 11 is 1.61. The van der Waals surface area contributed by atoms with E-state index in [0.717, 1.165) is 22.7 Å². The van der Waals surface area contributed by atoms with E-state index < -0.39 is 5.60 Å². The van der Waals surface area contributed by atoms with E-state index >= 15 is 0 Å². The number of aryl methyl sites for hydroxylation is 1. The van der Waals surface area contributed by atoms with Gasteiger partial charge in [-0.15, -0.1) is 11.3 Å². The molecule has 1 aromatic carbocycles. The second kappa shape index (κ2) is 8.08. The molecule has 0 saturated heterocycles. The number of benzene rings is 1. The van der Waals surface area contributed by atoms with Crippen LogP contribution in [0.5, 0.6) is 0 Å². The summed E-state index contributed by atoms with van der Waals surface area (Å²) in [6.07, 6.45) is 0. The Hall–Kier alpha value is -1.92. The van der Waals surface area contributed by atoms with Gasteiger partial charge < -0.3 is 15.7 Å². The highest BCUT2D eigenvalue weighted by Gasteiger charge is 2.22. The lowest BCUT2D eigenvalue weighted by Crippen LogP contribution is -2.44. The zero-order chi connectivity index (χ0) is 16.7. The van der Waals surface area contributed by atoms with Gasteiger partial charge >= 0.3 is 0 Å². The molecule has 2 rings (SSSR count). The van der Waals surface area contributed by atoms with Crippen molar-refractivity contribution in [2.24, 2.45) is 4.99 Å². The first-order valence-corrected chi connectivity index (χ1v) is 8.60. The van der Waals surface area contributed by atoms with Crippen LogP contribution in [0.3, 0.4) is 0 Å². The number of hydrogen-bond acceptors (Lipinski definition) is 4. The van der Waals surface area contributed by atoms with E-state index in [4.69, 9.17) is 0 Å². The average Bonchev–Trinajstić information content (AvgIpc) is 2.96. The summed E-state index contributed by atoms with van der Waals surface area (Å²) in [5.74, 6) is 0.691. The summed E-state index contributed by atoms with van der Waals surface area (Å²) in [5, 5.41) is 17.1. The molecule has 3 N–H and O–H groups in total. The largest absolute Gasteiger partial charge is 0.384 e. The summed E-state index contributed by atoms with van der Waals surface area (Å²) in [5.41, 5.74) is 2.77. The Morgan fingerprint density at radius 2 is 2.04 bits per heavy atom. The first kappa shape index (κ1) is 17.4. The van der Waals surface area contributed by atoms with Gasteiger partial charge in [0.15, 0.2) is 5.96 Å². The van der Waals surface area contributed by atoms with Gasteiger partial charge in [0.2, 0.25) is 0 Å². The first-order chi connectivity index (χ1) is 11.0. The van der Waals surface area contributed by atoms with Crippen LogP contribution in [0.4, 0.5) is 0 Å². The van der Waals surface area contributed by atoms with E-state index in [-0.39, 0.29) is 0 Å². The zero-order valence-corrected chi connectivity index (χ0v) is 14.7. The van der Waals surface area contributed by atoms with Crippen molar-refractivity contribution < 1.29 is 5.11 Å². The lowest BCUT2D eigenvalue weighted by molar-refractivity contribution is 0.0617. The Morgan fingerprint density at radius 1 is 1.30 bits per heavy atom. The molecule has 124 valence electrons. The Labute approximate surface area is 141 Å². The highest BCUT2D eigenvalue weighted by Crippen LogP contribution is 2.19. The first-order valence-electron chi connectivity index (χ1n) is 7.72. The van der Waals surface area contributed by atoms with Crippen molar-refractivity contribution in [3.8, 4) is 0 Å². The summed E-state index contributed by atoms with van der Waals surface area (Å²) in [7, 11) is 0. The van der Waals surface area contributed by atoms with Crippen LogP contribution in [-0.4, -0.2) is 29.1 Å². The molecular formula is C17H24N4OS. The van der Waals surface area contributed by atoms with Gasteiger partial charge in [0.1, 0.15) is 5.60 Å². The van der Waals surface area contributed by atoms with E-state index in [0.29, 0.717) is 19.0 Å². The number of aliphatic hydroxyl groups is 1. The van der Waals surface area contributed by atoms with Crippen molar-refractivity contribution in [2.45, 2.75) is 32.9 Å². The molecule has 1 aromatic heterocycles. The minimum Gasteiger partial charge on any atom is -0.384 e. The van der Waals surface area contributed by atoms with Crippen molar-refractivity contribution in [2.75, 3.05) is 13.1 Å². The van der Waals surface area contributed by atoms with Gasteiger partial charge in [0.05, 0.1) is 24.3 Å². The van der Waals surface area contributed by atoms with Crippen LogP contribution in [0.25, 0.3) is 0 Å². The lowest BCUT2D eigenvalue weighted by Gasteiger charge is -2.25. The van der Waals surface area contributed by atoms with Gasteiger partial charge in [-0.1, -0.05) is 30.3 Å². The highest BCUT2D eigenvalue weighted by atomic mass is 32.1. The molecule has 0 spiro atoms. The highest BCUT2D eigenvalue weighted by molar-refractivity contribution is 7.09. The summed E-state index contributed by atoms with van der Waals surface area (Å²) in [6, 6.07) is 9.64. The summed E-state index contributed by atoms with van der Waals surface area (Å²) < 4.78 is 0. The number of aromatic nitrogens is 1. The van der Waals surface area contributed by atoms with Crippen LogP contribution in [-0.2, 0) is 12.1 Å². The molecule has 0 saturated carbocycles. The molecule has 2 aromatic rings. The van der Waals surface area contributed by atoms with E-state index in [9.17, 15) is 5.11 Å². The number of hydrogen-bond donors (Lipinski definition) is 3. The van der Waals surface area contributed by atoms with Crippen molar-refractivity contribution in [3.63, 3.8) is 0 Å². The monoisotopic (exact) mass is 332 g/mol. The van der Waals surface area contributed by atoms with Crippen molar-refractivity contribution in [1.82, 2.24) is 15.6 Å². The summed E-state index contributed by atoms with van der Waals surface area (Å²) in [4.78, 5) is 9.95. The molecule has 5 nitrogen and oxygen atoms in total. The molecule has 0 aliphatic carbocycles. The SMILES string of the molecule is CCNC(=NCc1scnc1C)NCC(C)(O)c1ccccc1. The van der Waals surface area contributed by atoms with Crippen LogP contribution in [0.2, 0.25) is 0 Å². The third-order valence-corrected chi connectivity index (χ3v) is 4.49. The van der Waals surface area contributed by atoms with Gasteiger partial charge in [-0.3, -0.25) is 0 Å². The smallest absolute Gasteiger partial charge is 0.191 e. The molecule has 1 unspecified atom stereocenters. The minimum absolute atomic E-state index is 0.379. The Balaban J connectivity index is 2.00. The van der Waals surface area contributed by atoms with Crippen LogP contribution >= 0.6 is 11.3 Å². The van der Waals surface area contributed by atoms with E-state index in [1.165, 1.54) is 0 Å². The second-order valence-electron chi connectivity index (χ2n) is 5.55. The van der Waals surface area contributed by atoms with E-state index in [2.05, 4.69) is 20.6 Å². The number of nitrogens with zero attached hydrogens (tertiary/aromatic N) is 2. The number of rotatable bonds is 6. The Kier molecular flexibility index (Phi) is 6.12. The van der Waals surface area contributed by atoms with Gasteiger partial charge in [0, 0.05) is 11.4 Å². The van der Waals surface area contributed by atoms with Crippen LogP contribution < -0.4 is 10.6 Å². The molecule has 0 aliphatic rings. The minimum atomic E-state index is -0.960. The molecule has 6 heteroatoms. The maximum atomic E-state index is 10.6. The lowest BCUT2D eigenvalue weighted by atomic mass is 9.96. The normalized spacial score (nSPS) is 14.3. The molecular weight excluding hydrogens is 308 g/mol. The number of guanidine groups is 1. The molecule has 1 atom stereocenters. The standard InChI is InChI=1S/C17H24N4OS/c1-4-18-16(19-10-15-13(2)21-12-23-15)20-11-17(3,22)14-8-6-5-7-9-14/h5-9,12,22H,4,10-11H2,1-3H3,(H2,18,19,20). The molecule has 0 bridgehead atoms. The fraction of sp³-hybridized carbons (Fsp3) is 0.412. The third kappa shape index (κ3) is 5.04. The quantitative estimate of drug-likeness (QED) is 0.561. The molecule has 0 aliphatic heterocycles. The predicted molar refractivity (Wildman–Crippen MR) is 95.7 cm³/mol. The van der Waals surface area contributed by atoms with Crippen LogP contribution in [0.15, 0.2) is 40.8 Å². The zero-order valence-electron chi connectivity index (χ0n) is 13.8. The third-order valence-electron chi connectivity index (χ3n) is 3.57. The van der Waals surface area contributed by atoms with Crippen LogP contribution in [0.1, 0.15) is 30.0 Å². The van der Waals surface area contributed by atoms with E-state index in [1.54, 1.807) is 18.3 Å². The second-order valence-corrected chi connectivity index (χ2v) is 6.49. The number of nitrogens with one attached hydrogen (secondary N) is 2. The molecule has 1 heterocycles. The van der Waals surface area contributed by atoms with Gasteiger partial charge in [0.25, 0.3) is 0 Å². The maximum Gasteiger partial charge on any atom is 0.191 e. The predicted octanol–water partition coefficient (Wildman–Crippen LogP) is 2.41. The van der Waals surface area contributed by atoms with Gasteiger partial charge in [-0.05, 0) is 26.3 Å². The van der Waals surface area contributed by atoms with Gasteiger partial charge in [-0.2, -0.15) is 0 Å². The molecule has 0 radical (unpaired) electrons. The van der Waals surface area contributed by atoms with Gasteiger partial charge in [-0.25, -0.2) is 9.98 Å². The molecule has 23 heavy (non-hydrogen) atoms. The van der Waals surface area contributed by atoms with Crippen molar-refractivity contribution in [1.29, 1.82) is 0 Å². The maximum absolute atomic E-state index is 10.6. The summed E-state index contributed by atoms with van der Waals surface area (Å²) in [6.45, 7) is 7.53. The van der Waals surface area contributed by atoms with Crippen LogP contribution in [0, 0.1) is 6.92 Å².